The summed E-state index contributed by atoms with van der Waals surface area (Å²) in [5, 5.41) is 9.39. The Balaban J connectivity index is 2.37. The number of ether oxygens (including phenoxy) is 1. The predicted molar refractivity (Wildman–Crippen MR) is 58.7 cm³/mol. The van der Waals surface area contributed by atoms with Gasteiger partial charge in [-0.3, -0.25) is 0 Å². The lowest BCUT2D eigenvalue weighted by Gasteiger charge is -2.26. The van der Waals surface area contributed by atoms with Crippen LogP contribution in [0.1, 0.15) is 22.8 Å². The number of carbonyl (C=O) groups is 1. The van der Waals surface area contributed by atoms with Crippen LogP contribution >= 0.6 is 15.9 Å². The highest BCUT2D eigenvalue weighted by Gasteiger charge is 2.29. The number of aliphatic hydroxyl groups is 1. The summed E-state index contributed by atoms with van der Waals surface area (Å²) in [4.78, 5) is 11.6. The van der Waals surface area contributed by atoms with E-state index in [1.165, 1.54) is 0 Å². The number of cyclic esters (lactones) is 1. The van der Waals surface area contributed by atoms with Crippen molar-refractivity contribution in [2.45, 2.75) is 25.6 Å². The van der Waals surface area contributed by atoms with Crippen molar-refractivity contribution in [3.8, 4) is 0 Å². The average molecular weight is 271 g/mol. The van der Waals surface area contributed by atoms with Crippen molar-refractivity contribution < 1.29 is 14.6 Å². The molecule has 1 N–H and O–H groups in total. The summed E-state index contributed by atoms with van der Waals surface area (Å²) in [6.07, 6.45) is -0.483. The van der Waals surface area contributed by atoms with Gasteiger partial charge in [0.05, 0.1) is 11.7 Å². The molecule has 0 amide bonds. The third kappa shape index (κ3) is 2.06. The molecule has 4 heteroatoms. The molecule has 80 valence electrons. The van der Waals surface area contributed by atoms with Gasteiger partial charge in [0.15, 0.2) is 0 Å². The van der Waals surface area contributed by atoms with Crippen LogP contribution in [0.2, 0.25) is 0 Å². The first-order valence-corrected chi connectivity index (χ1v) is 5.54. The van der Waals surface area contributed by atoms with E-state index in [0.717, 1.165) is 10.0 Å². The number of aliphatic hydroxyl groups excluding tert-OH is 1. The van der Waals surface area contributed by atoms with E-state index >= 15 is 0 Å². The van der Waals surface area contributed by atoms with Crippen LogP contribution < -0.4 is 0 Å². The molecule has 0 aromatic heterocycles. The van der Waals surface area contributed by atoms with Gasteiger partial charge in [0.2, 0.25) is 0 Å². The number of hydrogen-bond donors (Lipinski definition) is 1. The lowest BCUT2D eigenvalue weighted by atomic mass is 9.96. The van der Waals surface area contributed by atoms with Crippen LogP contribution in [0, 0.1) is 0 Å². The van der Waals surface area contributed by atoms with Gasteiger partial charge in [-0.25, -0.2) is 4.79 Å². The molecule has 1 aromatic rings. The Kier molecular flexibility index (Phi) is 2.80. The van der Waals surface area contributed by atoms with E-state index in [9.17, 15) is 9.90 Å². The van der Waals surface area contributed by atoms with Crippen LogP contribution in [0.3, 0.4) is 0 Å². The number of rotatable bonds is 1. The first-order chi connectivity index (χ1) is 7.08. The van der Waals surface area contributed by atoms with E-state index in [4.69, 9.17) is 4.74 Å². The van der Waals surface area contributed by atoms with E-state index < -0.39 is 12.2 Å². The number of benzene rings is 1. The molecule has 0 fully saturated rings. The zero-order chi connectivity index (χ0) is 11.0. The molecule has 2 rings (SSSR count). The number of fused-ring (bicyclic) bond motifs is 1. The number of carbonyl (C=O) groups excluding carboxylic acids is 1. The molecule has 0 spiro atoms. The molecule has 3 nitrogen and oxygen atoms in total. The fraction of sp³-hybridized carbons (Fsp3) is 0.364. The van der Waals surface area contributed by atoms with Crippen LogP contribution in [0.15, 0.2) is 22.7 Å². The largest absolute Gasteiger partial charge is 0.456 e. The van der Waals surface area contributed by atoms with Crippen molar-refractivity contribution in [1.29, 1.82) is 0 Å². The molecule has 0 aliphatic carbocycles. The minimum absolute atomic E-state index is 0.358. The molecule has 0 radical (unpaired) electrons. The quantitative estimate of drug-likeness (QED) is 0.794. The third-order valence-electron chi connectivity index (χ3n) is 2.51. The lowest BCUT2D eigenvalue weighted by molar-refractivity contribution is -0.0167. The van der Waals surface area contributed by atoms with Gasteiger partial charge in [-0.1, -0.05) is 22.0 Å². The Hall–Kier alpha value is -0.870. The van der Waals surface area contributed by atoms with Crippen molar-refractivity contribution in [2.24, 2.45) is 0 Å². The van der Waals surface area contributed by atoms with Crippen molar-refractivity contribution in [2.75, 3.05) is 0 Å². The summed E-state index contributed by atoms with van der Waals surface area (Å²) in [6, 6.07) is 5.52. The SMILES string of the molecule is CC(O)C1Cc2ccc(Br)cc2C(=O)O1. The third-order valence-corrected chi connectivity index (χ3v) is 3.00. The molecule has 1 aliphatic rings. The minimum atomic E-state index is -0.634. The fourth-order valence-corrected chi connectivity index (χ4v) is 2.01. The van der Waals surface area contributed by atoms with E-state index in [1.807, 2.05) is 12.1 Å². The van der Waals surface area contributed by atoms with Crippen LogP contribution in [-0.2, 0) is 11.2 Å². The van der Waals surface area contributed by atoms with E-state index in [-0.39, 0.29) is 5.97 Å². The number of hydrogen-bond acceptors (Lipinski definition) is 3. The van der Waals surface area contributed by atoms with Gasteiger partial charge in [-0.2, -0.15) is 0 Å². The van der Waals surface area contributed by atoms with E-state index in [2.05, 4.69) is 15.9 Å². The van der Waals surface area contributed by atoms with Crippen LogP contribution in [0.4, 0.5) is 0 Å². The highest BCUT2D eigenvalue weighted by molar-refractivity contribution is 9.10. The molecule has 0 saturated carbocycles. The summed E-state index contributed by atoms with van der Waals surface area (Å²) >= 11 is 3.30. The maximum Gasteiger partial charge on any atom is 0.338 e. The van der Waals surface area contributed by atoms with Gasteiger partial charge in [0.25, 0.3) is 0 Å². The monoisotopic (exact) mass is 270 g/mol. The molecule has 0 saturated heterocycles. The van der Waals surface area contributed by atoms with Gasteiger partial charge in [-0.05, 0) is 24.6 Å². The maximum absolute atomic E-state index is 11.6. The fourth-order valence-electron chi connectivity index (χ4n) is 1.65. The molecule has 0 bridgehead atoms. The van der Waals surface area contributed by atoms with Gasteiger partial charge in [0, 0.05) is 10.9 Å². The standard InChI is InChI=1S/C11H11BrO3/c1-6(13)10-4-7-2-3-8(12)5-9(7)11(14)15-10/h2-3,5-6,10,13H,4H2,1H3. The second-order valence-electron chi connectivity index (χ2n) is 3.69. The molecule has 1 aromatic carbocycles. The molecule has 1 heterocycles. The minimum Gasteiger partial charge on any atom is -0.456 e. The normalized spacial score (nSPS) is 21.8. The Morgan fingerprint density at radius 3 is 3.00 bits per heavy atom. The van der Waals surface area contributed by atoms with Crippen LogP contribution in [0.25, 0.3) is 0 Å². The Labute approximate surface area is 96.2 Å². The lowest BCUT2D eigenvalue weighted by Crippen LogP contribution is -2.35. The van der Waals surface area contributed by atoms with Crippen LogP contribution in [-0.4, -0.2) is 23.3 Å². The predicted octanol–water partition coefficient (Wildman–Crippen LogP) is 1.91. The van der Waals surface area contributed by atoms with Gasteiger partial charge in [0.1, 0.15) is 6.10 Å². The van der Waals surface area contributed by atoms with Crippen molar-refractivity contribution in [3.05, 3.63) is 33.8 Å². The van der Waals surface area contributed by atoms with Crippen molar-refractivity contribution in [3.63, 3.8) is 0 Å². The molecule has 1 aliphatic heterocycles. The smallest absolute Gasteiger partial charge is 0.338 e. The summed E-state index contributed by atoms with van der Waals surface area (Å²) in [7, 11) is 0. The van der Waals surface area contributed by atoms with E-state index in [1.54, 1.807) is 13.0 Å². The maximum atomic E-state index is 11.6. The van der Waals surface area contributed by atoms with Crippen LogP contribution in [0.5, 0.6) is 0 Å². The molecule has 2 atom stereocenters. The van der Waals surface area contributed by atoms with E-state index in [0.29, 0.717) is 12.0 Å². The first-order valence-electron chi connectivity index (χ1n) is 4.75. The second kappa shape index (κ2) is 3.94. The molecule has 2 unspecified atom stereocenters. The molecular weight excluding hydrogens is 260 g/mol. The summed E-state index contributed by atoms with van der Waals surface area (Å²) < 4.78 is 5.97. The highest BCUT2D eigenvalue weighted by Crippen LogP contribution is 2.25. The average Bonchev–Trinajstić information content (AvgIpc) is 2.18. The van der Waals surface area contributed by atoms with Crippen molar-refractivity contribution >= 4 is 21.9 Å². The van der Waals surface area contributed by atoms with Gasteiger partial charge < -0.3 is 9.84 Å². The van der Waals surface area contributed by atoms with Crippen molar-refractivity contribution in [1.82, 2.24) is 0 Å². The zero-order valence-electron chi connectivity index (χ0n) is 8.24. The summed E-state index contributed by atoms with van der Waals surface area (Å²) in [6.45, 7) is 1.63. The number of halogens is 1. The summed E-state index contributed by atoms with van der Waals surface area (Å²) in [5.74, 6) is -0.358. The summed E-state index contributed by atoms with van der Waals surface area (Å²) in [5.41, 5.74) is 1.52. The Bertz CT molecular complexity index is 401. The Morgan fingerprint density at radius 2 is 2.33 bits per heavy atom. The molecule has 15 heavy (non-hydrogen) atoms. The number of esters is 1. The Morgan fingerprint density at radius 1 is 1.60 bits per heavy atom. The topological polar surface area (TPSA) is 46.5 Å². The van der Waals surface area contributed by atoms with Gasteiger partial charge in [-0.15, -0.1) is 0 Å². The second-order valence-corrected chi connectivity index (χ2v) is 4.61. The first kappa shape index (κ1) is 10.6. The highest BCUT2D eigenvalue weighted by atomic mass is 79.9. The van der Waals surface area contributed by atoms with Gasteiger partial charge >= 0.3 is 5.97 Å². The zero-order valence-corrected chi connectivity index (χ0v) is 9.82. The molecular formula is C11H11BrO3.